The number of benzene rings is 1. The summed E-state index contributed by atoms with van der Waals surface area (Å²) in [6, 6.07) is 1.97. The highest BCUT2D eigenvalue weighted by molar-refractivity contribution is 6.31. The Morgan fingerprint density at radius 2 is 2.25 bits per heavy atom. The van der Waals surface area contributed by atoms with E-state index in [2.05, 4.69) is 4.74 Å². The fourth-order valence-corrected chi connectivity index (χ4v) is 1.61. The molecule has 0 bridgehead atoms. The number of nitrogens with two attached hydrogens (primary N) is 1. The average Bonchev–Trinajstić information content (AvgIpc) is 2.24. The second kappa shape index (κ2) is 5.27. The van der Waals surface area contributed by atoms with Crippen LogP contribution in [-0.2, 0) is 16.0 Å². The maximum Gasteiger partial charge on any atom is 0.322 e. The van der Waals surface area contributed by atoms with Gasteiger partial charge < -0.3 is 10.5 Å². The Morgan fingerprint density at radius 3 is 2.81 bits per heavy atom. The fourth-order valence-electron chi connectivity index (χ4n) is 1.32. The molecule has 0 unspecified atom stereocenters. The number of aryl methyl sites for hydroxylation is 1. The highest BCUT2D eigenvalue weighted by Gasteiger charge is 2.16. The summed E-state index contributed by atoms with van der Waals surface area (Å²) in [6.07, 6.45) is 0.155. The Bertz CT molecular complexity index is 409. The number of esters is 1. The Balaban J connectivity index is 2.89. The quantitative estimate of drug-likeness (QED) is 0.827. The van der Waals surface area contributed by atoms with Gasteiger partial charge in [0.15, 0.2) is 0 Å². The molecule has 0 saturated heterocycles. The van der Waals surface area contributed by atoms with Crippen LogP contribution >= 0.6 is 11.6 Å². The highest BCUT2D eigenvalue weighted by atomic mass is 35.5. The van der Waals surface area contributed by atoms with Crippen LogP contribution in [0.2, 0.25) is 5.02 Å². The van der Waals surface area contributed by atoms with Crippen LogP contribution in [0.15, 0.2) is 12.1 Å². The smallest absolute Gasteiger partial charge is 0.322 e. The summed E-state index contributed by atoms with van der Waals surface area (Å²) in [7, 11) is 1.25. The van der Waals surface area contributed by atoms with Gasteiger partial charge in [0.25, 0.3) is 0 Å². The van der Waals surface area contributed by atoms with Crippen LogP contribution in [0, 0.1) is 12.7 Å². The minimum atomic E-state index is -0.829. The second-order valence-electron chi connectivity index (χ2n) is 3.53. The van der Waals surface area contributed by atoms with E-state index in [1.54, 1.807) is 6.92 Å². The number of ether oxygens (including phenoxy) is 1. The summed E-state index contributed by atoms with van der Waals surface area (Å²) >= 11 is 5.92. The molecule has 16 heavy (non-hydrogen) atoms. The number of rotatable bonds is 3. The number of halogens is 2. The highest BCUT2D eigenvalue weighted by Crippen LogP contribution is 2.21. The molecule has 0 heterocycles. The first kappa shape index (κ1) is 12.9. The molecule has 5 heteroatoms. The lowest BCUT2D eigenvalue weighted by Gasteiger charge is -2.11. The van der Waals surface area contributed by atoms with Crippen molar-refractivity contribution in [3.05, 3.63) is 34.1 Å². The van der Waals surface area contributed by atoms with E-state index in [4.69, 9.17) is 17.3 Å². The van der Waals surface area contributed by atoms with Crippen molar-refractivity contribution >= 4 is 17.6 Å². The number of hydrogen-bond acceptors (Lipinski definition) is 3. The molecule has 1 atom stereocenters. The van der Waals surface area contributed by atoms with Crippen molar-refractivity contribution in [2.75, 3.05) is 7.11 Å². The van der Waals surface area contributed by atoms with Crippen molar-refractivity contribution < 1.29 is 13.9 Å². The Kier molecular flexibility index (Phi) is 4.26. The maximum absolute atomic E-state index is 13.3. The molecule has 1 aromatic carbocycles. The summed E-state index contributed by atoms with van der Waals surface area (Å²) in [4.78, 5) is 11.1. The average molecular weight is 246 g/mol. The monoisotopic (exact) mass is 245 g/mol. The van der Waals surface area contributed by atoms with Crippen LogP contribution < -0.4 is 5.73 Å². The van der Waals surface area contributed by atoms with Gasteiger partial charge in [-0.05, 0) is 36.6 Å². The largest absolute Gasteiger partial charge is 0.468 e. The molecule has 1 aromatic rings. The molecule has 0 aliphatic heterocycles. The maximum atomic E-state index is 13.3. The molecule has 0 aromatic heterocycles. The van der Waals surface area contributed by atoms with E-state index in [0.717, 1.165) is 0 Å². The van der Waals surface area contributed by atoms with E-state index in [1.165, 1.54) is 19.2 Å². The van der Waals surface area contributed by atoms with E-state index in [9.17, 15) is 9.18 Å². The Labute approximate surface area is 98.3 Å². The van der Waals surface area contributed by atoms with Crippen molar-refractivity contribution in [3.8, 4) is 0 Å². The molecule has 0 radical (unpaired) electrons. The van der Waals surface area contributed by atoms with Crippen molar-refractivity contribution in [2.24, 2.45) is 5.73 Å². The summed E-state index contributed by atoms with van der Waals surface area (Å²) in [5.74, 6) is -0.909. The third-order valence-electron chi connectivity index (χ3n) is 2.27. The molecule has 1 rings (SSSR count). The van der Waals surface area contributed by atoms with E-state index in [0.29, 0.717) is 16.1 Å². The van der Waals surface area contributed by atoms with Crippen molar-refractivity contribution in [1.82, 2.24) is 0 Å². The lowest BCUT2D eigenvalue weighted by Crippen LogP contribution is -2.33. The SMILES string of the molecule is COC(=O)[C@@H](N)Cc1cc(F)c(C)cc1Cl. The van der Waals surface area contributed by atoms with Gasteiger partial charge in [0.2, 0.25) is 0 Å². The van der Waals surface area contributed by atoms with Crippen molar-refractivity contribution in [1.29, 1.82) is 0 Å². The van der Waals surface area contributed by atoms with Crippen LogP contribution in [0.5, 0.6) is 0 Å². The van der Waals surface area contributed by atoms with Crippen LogP contribution in [-0.4, -0.2) is 19.1 Å². The first-order valence-corrected chi connectivity index (χ1v) is 5.11. The zero-order chi connectivity index (χ0) is 12.3. The molecule has 3 nitrogen and oxygen atoms in total. The fraction of sp³-hybridized carbons (Fsp3) is 0.364. The molecule has 88 valence electrons. The third-order valence-corrected chi connectivity index (χ3v) is 2.62. The van der Waals surface area contributed by atoms with Gasteiger partial charge in [-0.15, -0.1) is 0 Å². The van der Waals surface area contributed by atoms with Crippen LogP contribution in [0.4, 0.5) is 4.39 Å². The van der Waals surface area contributed by atoms with E-state index in [-0.39, 0.29) is 12.2 Å². The molecule has 0 spiro atoms. The van der Waals surface area contributed by atoms with Crippen LogP contribution in [0.1, 0.15) is 11.1 Å². The number of carbonyl (C=O) groups excluding carboxylic acids is 1. The lowest BCUT2D eigenvalue weighted by molar-refractivity contribution is -0.142. The summed E-state index contributed by atoms with van der Waals surface area (Å²) in [5.41, 5.74) is 6.52. The third kappa shape index (κ3) is 2.93. The first-order chi connectivity index (χ1) is 7.45. The van der Waals surface area contributed by atoms with Gasteiger partial charge in [0, 0.05) is 5.02 Å². The predicted molar refractivity (Wildman–Crippen MR) is 59.8 cm³/mol. The lowest BCUT2D eigenvalue weighted by atomic mass is 10.0. The molecular weight excluding hydrogens is 233 g/mol. The zero-order valence-corrected chi connectivity index (χ0v) is 9.84. The molecular formula is C11H13ClFNO2. The van der Waals surface area contributed by atoms with Gasteiger partial charge in [-0.25, -0.2) is 4.39 Å². The number of hydrogen-bond donors (Lipinski definition) is 1. The van der Waals surface area contributed by atoms with E-state index in [1.807, 2.05) is 0 Å². The van der Waals surface area contributed by atoms with E-state index < -0.39 is 12.0 Å². The number of carbonyl (C=O) groups is 1. The molecule has 0 aliphatic carbocycles. The van der Waals surface area contributed by atoms with E-state index >= 15 is 0 Å². The summed E-state index contributed by atoms with van der Waals surface area (Å²) < 4.78 is 17.8. The van der Waals surface area contributed by atoms with Gasteiger partial charge in [-0.2, -0.15) is 0 Å². The van der Waals surface area contributed by atoms with Crippen molar-refractivity contribution in [3.63, 3.8) is 0 Å². The summed E-state index contributed by atoms with van der Waals surface area (Å²) in [5, 5.41) is 0.401. The molecule has 0 aliphatic rings. The van der Waals surface area contributed by atoms with Gasteiger partial charge in [-0.1, -0.05) is 11.6 Å². The zero-order valence-electron chi connectivity index (χ0n) is 9.09. The number of methoxy groups -OCH3 is 1. The predicted octanol–water partition coefficient (Wildman–Crippen LogP) is 1.83. The molecule has 2 N–H and O–H groups in total. The van der Waals surface area contributed by atoms with Gasteiger partial charge in [0.1, 0.15) is 11.9 Å². The van der Waals surface area contributed by atoms with Gasteiger partial charge in [0.05, 0.1) is 7.11 Å². The Hall–Kier alpha value is -1.13. The standard InChI is InChI=1S/C11H13ClFNO2/c1-6-3-8(12)7(4-9(6)13)5-10(14)11(15)16-2/h3-4,10H,5,14H2,1-2H3/t10-/m0/s1. The minimum Gasteiger partial charge on any atom is -0.468 e. The first-order valence-electron chi connectivity index (χ1n) is 4.73. The van der Waals surface area contributed by atoms with Crippen molar-refractivity contribution in [2.45, 2.75) is 19.4 Å². The van der Waals surface area contributed by atoms with Crippen LogP contribution in [0.3, 0.4) is 0 Å². The topological polar surface area (TPSA) is 52.3 Å². The Morgan fingerprint density at radius 1 is 1.62 bits per heavy atom. The summed E-state index contributed by atoms with van der Waals surface area (Å²) in [6.45, 7) is 1.62. The minimum absolute atomic E-state index is 0.155. The molecule has 0 fully saturated rings. The second-order valence-corrected chi connectivity index (χ2v) is 3.93. The van der Waals surface area contributed by atoms with Crippen LogP contribution in [0.25, 0.3) is 0 Å². The van der Waals surface area contributed by atoms with Gasteiger partial charge in [-0.3, -0.25) is 4.79 Å². The van der Waals surface area contributed by atoms with Gasteiger partial charge >= 0.3 is 5.97 Å². The molecule has 0 saturated carbocycles. The molecule has 0 amide bonds. The normalized spacial score (nSPS) is 12.3.